The van der Waals surface area contributed by atoms with E-state index in [9.17, 15) is 4.79 Å². The number of amides is 1. The Morgan fingerprint density at radius 1 is 1.29 bits per heavy atom. The molecule has 1 aliphatic heterocycles. The van der Waals surface area contributed by atoms with E-state index in [1.165, 1.54) is 9.60 Å². The highest BCUT2D eigenvalue weighted by atomic mass is 32.1. The summed E-state index contributed by atoms with van der Waals surface area (Å²) in [6.45, 7) is 1.98. The zero-order chi connectivity index (χ0) is 16.9. The quantitative estimate of drug-likeness (QED) is 0.737. The van der Waals surface area contributed by atoms with Crippen molar-refractivity contribution < 1.29 is 4.79 Å². The Morgan fingerprint density at radius 2 is 2.12 bits per heavy atom. The predicted octanol–water partition coefficient (Wildman–Crippen LogP) is 3.63. The summed E-state index contributed by atoms with van der Waals surface area (Å²) in [6.07, 6.45) is 0.344. The molecule has 0 spiro atoms. The van der Waals surface area contributed by atoms with Crippen molar-refractivity contribution >= 4 is 44.8 Å². The Balaban J connectivity index is 1.69. The van der Waals surface area contributed by atoms with Crippen molar-refractivity contribution in [1.29, 1.82) is 5.41 Å². The molecule has 5 nitrogen and oxygen atoms in total. The van der Waals surface area contributed by atoms with Crippen molar-refractivity contribution in [2.75, 3.05) is 7.05 Å². The molecule has 0 aliphatic carbocycles. The summed E-state index contributed by atoms with van der Waals surface area (Å²) in [5.41, 5.74) is 4.56. The van der Waals surface area contributed by atoms with Crippen molar-refractivity contribution in [2.45, 2.75) is 18.9 Å². The van der Waals surface area contributed by atoms with Gasteiger partial charge in [0.05, 0.1) is 27.7 Å². The minimum atomic E-state index is -0.533. The lowest BCUT2D eigenvalue weighted by Crippen LogP contribution is -2.57. The molecule has 122 valence electrons. The lowest BCUT2D eigenvalue weighted by Gasteiger charge is -2.38. The third-order valence-corrected chi connectivity index (χ3v) is 6.42. The molecule has 1 aliphatic rings. The van der Waals surface area contributed by atoms with E-state index in [2.05, 4.69) is 39.9 Å². The van der Waals surface area contributed by atoms with Crippen LogP contribution in [0.25, 0.3) is 21.3 Å². The van der Waals surface area contributed by atoms with Gasteiger partial charge in [0.25, 0.3) is 0 Å². The monoisotopic (exact) mass is 356 g/mol. The van der Waals surface area contributed by atoms with E-state index >= 15 is 0 Å². The molecule has 4 rings (SSSR count). The summed E-state index contributed by atoms with van der Waals surface area (Å²) in [5, 5.41) is 13.2. The molecule has 1 aromatic carbocycles. The molecule has 3 heterocycles. The molecule has 24 heavy (non-hydrogen) atoms. The van der Waals surface area contributed by atoms with Gasteiger partial charge in [-0.15, -0.1) is 22.7 Å². The number of thiophene rings is 1. The molecular weight excluding hydrogens is 340 g/mol. The largest absolute Gasteiger partial charge is 0.345 e. The van der Waals surface area contributed by atoms with Gasteiger partial charge in [-0.25, -0.2) is 4.98 Å². The second-order valence-corrected chi connectivity index (χ2v) is 7.97. The number of thiazole rings is 1. The zero-order valence-corrected chi connectivity index (χ0v) is 14.9. The van der Waals surface area contributed by atoms with Gasteiger partial charge in [-0.3, -0.25) is 15.1 Å². The molecule has 3 aromatic rings. The molecule has 1 saturated heterocycles. The van der Waals surface area contributed by atoms with Crippen LogP contribution in [0.4, 0.5) is 0 Å². The average molecular weight is 356 g/mol. The highest BCUT2D eigenvalue weighted by Gasteiger charge is 2.38. The summed E-state index contributed by atoms with van der Waals surface area (Å²) in [4.78, 5) is 18.9. The summed E-state index contributed by atoms with van der Waals surface area (Å²) in [7, 11) is 1.63. The Labute approximate surface area is 147 Å². The molecule has 1 atom stereocenters. The number of aromatic nitrogens is 1. The lowest BCUT2D eigenvalue weighted by atomic mass is 9.92. The molecule has 0 unspecified atom stereocenters. The van der Waals surface area contributed by atoms with Gasteiger partial charge in [-0.05, 0) is 41.6 Å². The number of fused-ring (bicyclic) bond motifs is 1. The van der Waals surface area contributed by atoms with Gasteiger partial charge < -0.3 is 5.32 Å². The summed E-state index contributed by atoms with van der Waals surface area (Å²) in [5.74, 6) is 0.104. The Hall–Kier alpha value is -2.25. The number of nitrogens with one attached hydrogen (secondary N) is 2. The van der Waals surface area contributed by atoms with E-state index < -0.39 is 5.54 Å². The first-order valence-electron chi connectivity index (χ1n) is 7.52. The standard InChI is InChI=1S/C17H16N4OS2/c1-17(7-15(22)21(2)16(18)20-17)14-6-11(8-23-14)10-3-4-13-12(5-10)19-9-24-13/h3-6,8-9H,7H2,1-2H3,(H2,18,20)/t17-/m0/s1. The van der Waals surface area contributed by atoms with Crippen LogP contribution in [0.15, 0.2) is 35.2 Å². The van der Waals surface area contributed by atoms with E-state index in [0.717, 1.165) is 21.5 Å². The molecule has 2 N–H and O–H groups in total. The summed E-state index contributed by atoms with van der Waals surface area (Å²) in [6, 6.07) is 8.39. The molecule has 0 bridgehead atoms. The molecule has 0 radical (unpaired) electrons. The first kappa shape index (κ1) is 15.3. The molecule has 7 heteroatoms. The van der Waals surface area contributed by atoms with Crippen LogP contribution in [-0.2, 0) is 10.3 Å². The highest BCUT2D eigenvalue weighted by Crippen LogP contribution is 2.37. The first-order chi connectivity index (χ1) is 11.5. The Morgan fingerprint density at radius 3 is 2.92 bits per heavy atom. The van der Waals surface area contributed by atoms with E-state index in [4.69, 9.17) is 5.41 Å². The SMILES string of the molecule is CN1C(=N)N[C@](C)(c2cc(-c3ccc4scnc4c3)cs2)CC1=O. The van der Waals surface area contributed by atoms with Crippen molar-refractivity contribution in [3.05, 3.63) is 40.0 Å². The van der Waals surface area contributed by atoms with Crippen LogP contribution in [0.1, 0.15) is 18.2 Å². The summed E-state index contributed by atoms with van der Waals surface area (Å²) >= 11 is 3.25. The van der Waals surface area contributed by atoms with E-state index in [1.54, 1.807) is 29.7 Å². The maximum atomic E-state index is 12.1. The van der Waals surface area contributed by atoms with E-state index in [-0.39, 0.29) is 11.9 Å². The number of hydrogen-bond donors (Lipinski definition) is 2. The van der Waals surface area contributed by atoms with Crippen LogP contribution in [0.2, 0.25) is 0 Å². The smallest absolute Gasteiger partial charge is 0.231 e. The number of benzene rings is 1. The maximum Gasteiger partial charge on any atom is 0.231 e. The van der Waals surface area contributed by atoms with Crippen molar-refractivity contribution in [3.8, 4) is 11.1 Å². The number of nitrogens with zero attached hydrogens (tertiary/aromatic N) is 2. The third-order valence-electron chi connectivity index (χ3n) is 4.42. The molecule has 0 saturated carbocycles. The fourth-order valence-electron chi connectivity index (χ4n) is 2.90. The van der Waals surface area contributed by atoms with E-state index in [0.29, 0.717) is 6.42 Å². The molecule has 1 amide bonds. The highest BCUT2D eigenvalue weighted by molar-refractivity contribution is 7.16. The van der Waals surface area contributed by atoms with Gasteiger partial charge >= 0.3 is 0 Å². The normalized spacial score (nSPS) is 21.3. The minimum Gasteiger partial charge on any atom is -0.345 e. The molecule has 1 fully saturated rings. The van der Waals surface area contributed by atoms with Crippen molar-refractivity contribution in [1.82, 2.24) is 15.2 Å². The fraction of sp³-hybridized carbons (Fsp3) is 0.235. The fourth-order valence-corrected chi connectivity index (χ4v) is 4.59. The maximum absolute atomic E-state index is 12.1. The lowest BCUT2D eigenvalue weighted by molar-refractivity contribution is -0.129. The molecular formula is C17H16N4OS2. The average Bonchev–Trinajstić information content (AvgIpc) is 3.21. The van der Waals surface area contributed by atoms with Crippen LogP contribution < -0.4 is 5.32 Å². The van der Waals surface area contributed by atoms with Gasteiger partial charge in [0.15, 0.2) is 5.96 Å². The first-order valence-corrected chi connectivity index (χ1v) is 9.28. The minimum absolute atomic E-state index is 0.0416. The second-order valence-electron chi connectivity index (χ2n) is 6.17. The van der Waals surface area contributed by atoms with Crippen LogP contribution in [0.5, 0.6) is 0 Å². The van der Waals surface area contributed by atoms with Crippen LogP contribution in [-0.4, -0.2) is 28.8 Å². The number of carbonyl (C=O) groups is 1. The predicted molar refractivity (Wildman–Crippen MR) is 98.5 cm³/mol. The van der Waals surface area contributed by atoms with Crippen molar-refractivity contribution in [2.24, 2.45) is 0 Å². The molecule has 2 aromatic heterocycles. The zero-order valence-electron chi connectivity index (χ0n) is 13.3. The number of rotatable bonds is 2. The number of carbonyl (C=O) groups excluding carboxylic acids is 1. The summed E-state index contributed by atoms with van der Waals surface area (Å²) < 4.78 is 1.18. The topological polar surface area (TPSA) is 69.1 Å². The van der Waals surface area contributed by atoms with Crippen molar-refractivity contribution in [3.63, 3.8) is 0 Å². The number of guanidine groups is 1. The van der Waals surface area contributed by atoms with Crippen LogP contribution in [0.3, 0.4) is 0 Å². The van der Waals surface area contributed by atoms with E-state index in [1.807, 2.05) is 12.4 Å². The second kappa shape index (κ2) is 5.39. The van der Waals surface area contributed by atoms with Crippen LogP contribution >= 0.6 is 22.7 Å². The number of hydrogen-bond acceptors (Lipinski definition) is 5. The third kappa shape index (κ3) is 2.40. The van der Waals surface area contributed by atoms with Gasteiger partial charge in [0.1, 0.15) is 0 Å². The Bertz CT molecular complexity index is 940. The van der Waals surface area contributed by atoms with Gasteiger partial charge in [0.2, 0.25) is 5.91 Å². The Kier molecular flexibility index (Phi) is 3.43. The van der Waals surface area contributed by atoms with Gasteiger partial charge in [-0.1, -0.05) is 6.07 Å². The van der Waals surface area contributed by atoms with Gasteiger partial charge in [-0.2, -0.15) is 0 Å². The van der Waals surface area contributed by atoms with Gasteiger partial charge in [0, 0.05) is 11.9 Å². The van der Waals surface area contributed by atoms with Crippen LogP contribution in [0, 0.1) is 5.41 Å².